The van der Waals surface area contributed by atoms with Gasteiger partial charge in [-0.3, -0.25) is 0 Å². The molecule has 0 saturated heterocycles. The highest BCUT2D eigenvalue weighted by atomic mass is 79.9. The van der Waals surface area contributed by atoms with Gasteiger partial charge in [0.15, 0.2) is 0 Å². The van der Waals surface area contributed by atoms with E-state index in [1.165, 1.54) is 24.8 Å². The Labute approximate surface area is 99.6 Å². The second kappa shape index (κ2) is 4.67. The summed E-state index contributed by atoms with van der Waals surface area (Å²) in [7, 11) is 0. The second-order valence-corrected chi connectivity index (χ2v) is 5.34. The summed E-state index contributed by atoms with van der Waals surface area (Å²) in [6.07, 6.45) is 4.52. The Hall–Kier alpha value is -0.340. The standard InChI is InChI=1S/C13H17BrO/c1-9-11(3-2-4-12(9)14)13(15)8-7-10-5-6-10/h2-4,10,13,15H,5-8H2,1H3. The Kier molecular flexibility index (Phi) is 3.47. The molecule has 0 heterocycles. The highest BCUT2D eigenvalue weighted by molar-refractivity contribution is 9.10. The fraction of sp³-hybridized carbons (Fsp3) is 0.538. The third-order valence-electron chi connectivity index (χ3n) is 3.21. The number of aliphatic hydroxyl groups is 1. The first-order chi connectivity index (χ1) is 7.18. The van der Waals surface area contributed by atoms with Gasteiger partial charge in [0, 0.05) is 4.47 Å². The van der Waals surface area contributed by atoms with Gasteiger partial charge in [-0.2, -0.15) is 0 Å². The van der Waals surface area contributed by atoms with E-state index >= 15 is 0 Å². The topological polar surface area (TPSA) is 20.2 Å². The number of halogens is 1. The zero-order valence-electron chi connectivity index (χ0n) is 9.04. The summed E-state index contributed by atoms with van der Waals surface area (Å²) in [5.41, 5.74) is 2.24. The average molecular weight is 269 g/mol. The van der Waals surface area contributed by atoms with Crippen molar-refractivity contribution in [3.8, 4) is 0 Å². The Balaban J connectivity index is 2.02. The number of benzene rings is 1. The van der Waals surface area contributed by atoms with Crippen LogP contribution in [0.4, 0.5) is 0 Å². The van der Waals surface area contributed by atoms with Gasteiger partial charge in [-0.15, -0.1) is 0 Å². The molecule has 0 radical (unpaired) electrons. The molecule has 0 aliphatic heterocycles. The van der Waals surface area contributed by atoms with Crippen LogP contribution in [0.1, 0.15) is 42.9 Å². The smallest absolute Gasteiger partial charge is 0.0793 e. The highest BCUT2D eigenvalue weighted by Gasteiger charge is 2.22. The van der Waals surface area contributed by atoms with E-state index in [0.717, 1.165) is 22.4 Å². The molecule has 0 spiro atoms. The van der Waals surface area contributed by atoms with E-state index in [1.807, 2.05) is 18.2 Å². The molecule has 1 N–H and O–H groups in total. The highest BCUT2D eigenvalue weighted by Crippen LogP contribution is 2.36. The normalized spacial score (nSPS) is 17.8. The SMILES string of the molecule is Cc1c(Br)cccc1C(O)CCC1CC1. The molecule has 1 fully saturated rings. The number of hydrogen-bond donors (Lipinski definition) is 1. The molecule has 1 unspecified atom stereocenters. The van der Waals surface area contributed by atoms with Crippen LogP contribution in [0.25, 0.3) is 0 Å². The number of aliphatic hydroxyl groups excluding tert-OH is 1. The molecule has 2 rings (SSSR count). The van der Waals surface area contributed by atoms with E-state index in [4.69, 9.17) is 0 Å². The van der Waals surface area contributed by atoms with Gasteiger partial charge in [-0.1, -0.05) is 40.9 Å². The van der Waals surface area contributed by atoms with Crippen LogP contribution in [0, 0.1) is 12.8 Å². The third-order valence-corrected chi connectivity index (χ3v) is 4.07. The van der Waals surface area contributed by atoms with Crippen molar-refractivity contribution in [1.29, 1.82) is 0 Å². The predicted octanol–water partition coefficient (Wildman–Crippen LogP) is 3.98. The van der Waals surface area contributed by atoms with Crippen molar-refractivity contribution in [2.45, 2.75) is 38.7 Å². The Morgan fingerprint density at radius 2 is 2.20 bits per heavy atom. The first-order valence-electron chi connectivity index (χ1n) is 5.61. The van der Waals surface area contributed by atoms with Gasteiger partial charge in [0.25, 0.3) is 0 Å². The minimum Gasteiger partial charge on any atom is -0.388 e. The molecule has 82 valence electrons. The monoisotopic (exact) mass is 268 g/mol. The van der Waals surface area contributed by atoms with Gasteiger partial charge in [0.2, 0.25) is 0 Å². The minimum absolute atomic E-state index is 0.289. The van der Waals surface area contributed by atoms with Crippen molar-refractivity contribution in [1.82, 2.24) is 0 Å². The van der Waals surface area contributed by atoms with Crippen LogP contribution in [0.15, 0.2) is 22.7 Å². The first-order valence-corrected chi connectivity index (χ1v) is 6.41. The second-order valence-electron chi connectivity index (χ2n) is 4.49. The maximum atomic E-state index is 10.1. The van der Waals surface area contributed by atoms with Crippen LogP contribution in [-0.4, -0.2) is 5.11 Å². The van der Waals surface area contributed by atoms with Crippen LogP contribution < -0.4 is 0 Å². The third kappa shape index (κ3) is 2.82. The summed E-state index contributed by atoms with van der Waals surface area (Å²) >= 11 is 3.50. The molecular formula is C13H17BrO. The fourth-order valence-corrected chi connectivity index (χ4v) is 2.32. The van der Waals surface area contributed by atoms with Gasteiger partial charge < -0.3 is 5.11 Å². The molecule has 15 heavy (non-hydrogen) atoms. The van der Waals surface area contributed by atoms with Crippen LogP contribution in [0.5, 0.6) is 0 Å². The van der Waals surface area contributed by atoms with Crippen molar-refractivity contribution < 1.29 is 5.11 Å². The summed E-state index contributed by atoms with van der Waals surface area (Å²) in [4.78, 5) is 0. The lowest BCUT2D eigenvalue weighted by Gasteiger charge is -2.14. The van der Waals surface area contributed by atoms with Gasteiger partial charge in [0.05, 0.1) is 6.10 Å². The Bertz CT molecular complexity index is 344. The lowest BCUT2D eigenvalue weighted by Crippen LogP contribution is -2.00. The van der Waals surface area contributed by atoms with Crippen molar-refractivity contribution in [2.75, 3.05) is 0 Å². The fourth-order valence-electron chi connectivity index (χ4n) is 1.94. The molecule has 1 atom stereocenters. The Morgan fingerprint density at radius 1 is 1.47 bits per heavy atom. The van der Waals surface area contributed by atoms with Crippen molar-refractivity contribution in [3.05, 3.63) is 33.8 Å². The summed E-state index contributed by atoms with van der Waals surface area (Å²) in [5.74, 6) is 0.895. The molecular weight excluding hydrogens is 252 g/mol. The summed E-state index contributed by atoms with van der Waals surface area (Å²) < 4.78 is 1.09. The van der Waals surface area contributed by atoms with Crippen LogP contribution >= 0.6 is 15.9 Å². The molecule has 0 amide bonds. The first kappa shape index (κ1) is 11.2. The van der Waals surface area contributed by atoms with E-state index in [-0.39, 0.29) is 6.10 Å². The van der Waals surface area contributed by atoms with Gasteiger partial charge in [-0.25, -0.2) is 0 Å². The van der Waals surface area contributed by atoms with Crippen LogP contribution in [-0.2, 0) is 0 Å². The quantitative estimate of drug-likeness (QED) is 0.876. The van der Waals surface area contributed by atoms with Crippen LogP contribution in [0.3, 0.4) is 0 Å². The van der Waals surface area contributed by atoms with E-state index in [0.29, 0.717) is 0 Å². The zero-order valence-corrected chi connectivity index (χ0v) is 10.6. The predicted molar refractivity (Wildman–Crippen MR) is 65.8 cm³/mol. The van der Waals surface area contributed by atoms with Crippen molar-refractivity contribution >= 4 is 15.9 Å². The zero-order chi connectivity index (χ0) is 10.8. The van der Waals surface area contributed by atoms with E-state index in [9.17, 15) is 5.11 Å². The molecule has 0 aromatic heterocycles. The number of hydrogen-bond acceptors (Lipinski definition) is 1. The molecule has 1 aromatic rings. The largest absolute Gasteiger partial charge is 0.388 e. The lowest BCUT2D eigenvalue weighted by molar-refractivity contribution is 0.161. The van der Waals surface area contributed by atoms with Gasteiger partial charge in [0.1, 0.15) is 0 Å². The molecule has 2 heteroatoms. The van der Waals surface area contributed by atoms with Crippen molar-refractivity contribution in [3.63, 3.8) is 0 Å². The number of rotatable bonds is 4. The Morgan fingerprint density at radius 3 is 2.87 bits per heavy atom. The maximum absolute atomic E-state index is 10.1. The molecule has 1 aliphatic rings. The summed E-state index contributed by atoms with van der Waals surface area (Å²) in [6, 6.07) is 6.04. The molecule has 1 aliphatic carbocycles. The molecule has 0 bridgehead atoms. The molecule has 1 nitrogen and oxygen atoms in total. The van der Waals surface area contributed by atoms with Crippen LogP contribution in [0.2, 0.25) is 0 Å². The molecule has 1 aromatic carbocycles. The average Bonchev–Trinajstić information content (AvgIpc) is 3.02. The van der Waals surface area contributed by atoms with Gasteiger partial charge >= 0.3 is 0 Å². The summed E-state index contributed by atoms with van der Waals surface area (Å²) in [6.45, 7) is 2.06. The molecule has 1 saturated carbocycles. The van der Waals surface area contributed by atoms with Gasteiger partial charge in [-0.05, 0) is 42.9 Å². The van der Waals surface area contributed by atoms with E-state index < -0.39 is 0 Å². The summed E-state index contributed by atoms with van der Waals surface area (Å²) in [5, 5.41) is 10.1. The minimum atomic E-state index is -0.289. The van der Waals surface area contributed by atoms with E-state index in [2.05, 4.69) is 22.9 Å². The van der Waals surface area contributed by atoms with Crippen molar-refractivity contribution in [2.24, 2.45) is 5.92 Å². The maximum Gasteiger partial charge on any atom is 0.0793 e. The lowest BCUT2D eigenvalue weighted by atomic mass is 9.99. The van der Waals surface area contributed by atoms with E-state index in [1.54, 1.807) is 0 Å².